The molecule has 0 aromatic heterocycles. The summed E-state index contributed by atoms with van der Waals surface area (Å²) in [5.74, 6) is -4.17. The largest absolute Gasteiger partial charge is 0.508 e. The van der Waals surface area contributed by atoms with E-state index in [-0.39, 0.29) is 36.5 Å². The summed E-state index contributed by atoms with van der Waals surface area (Å²) in [5, 5.41) is 28.7. The zero-order chi connectivity index (χ0) is 36.1. The van der Waals surface area contributed by atoms with Gasteiger partial charge in [0, 0.05) is 25.9 Å². The number of carbonyl (C=O) groups is 5. The van der Waals surface area contributed by atoms with E-state index in [1.54, 1.807) is 12.1 Å². The number of carboxylic acid groups (broad SMARTS) is 1. The van der Waals surface area contributed by atoms with Crippen molar-refractivity contribution < 1.29 is 47.4 Å². The lowest BCUT2D eigenvalue weighted by atomic mass is 9.84. The van der Waals surface area contributed by atoms with Crippen molar-refractivity contribution in [3.63, 3.8) is 0 Å². The zero-order valence-electron chi connectivity index (χ0n) is 27.2. The SMILES string of the molecule is CC(C)(C)c1cc(C[C@@H]2NC(=O)[C@@H](NC(=O)[C@@H](N)Cc3ccccc3)CCCCNC(=O)CCNC2=O)ccc1O.O=C(O)C(F)(F)F. The molecular formula is C33H44F3N5O7. The van der Waals surface area contributed by atoms with E-state index < -0.39 is 48.0 Å². The first-order valence-corrected chi connectivity index (χ1v) is 15.5. The molecule has 1 saturated heterocycles. The molecule has 264 valence electrons. The lowest BCUT2D eigenvalue weighted by Gasteiger charge is -2.26. The summed E-state index contributed by atoms with van der Waals surface area (Å²) in [6, 6.07) is 11.8. The molecule has 48 heavy (non-hydrogen) atoms. The van der Waals surface area contributed by atoms with Crippen LogP contribution in [-0.4, -0.2) is 77.2 Å². The molecular weight excluding hydrogens is 635 g/mol. The van der Waals surface area contributed by atoms with Gasteiger partial charge in [-0.2, -0.15) is 13.2 Å². The summed E-state index contributed by atoms with van der Waals surface area (Å²) in [5.41, 5.74) is 8.21. The van der Waals surface area contributed by atoms with Crippen LogP contribution in [0.4, 0.5) is 13.2 Å². The molecule has 2 aromatic carbocycles. The highest BCUT2D eigenvalue weighted by Crippen LogP contribution is 2.31. The van der Waals surface area contributed by atoms with E-state index in [1.165, 1.54) is 0 Å². The standard InChI is InChI=1S/C31H43N5O5.C2HF3O2/c1-31(2,3)22-17-21(12-13-26(22)37)19-25-29(40)34-16-14-27(38)33-15-8-7-11-24(30(41)36-25)35-28(39)23(32)18-20-9-5-4-6-10-20;3-2(4,5)1(6)7/h4-6,9-10,12-13,17,23-25,37H,7-8,11,14-16,18-19,32H2,1-3H3,(H,33,38)(H,34,40)(H,35,39)(H,36,41);(H,6,7)/t23-,24-,25-;/m0./s1. The normalized spacial score (nSPS) is 18.9. The molecule has 1 aliphatic heterocycles. The second kappa shape index (κ2) is 18.0. The van der Waals surface area contributed by atoms with Gasteiger partial charge < -0.3 is 37.2 Å². The van der Waals surface area contributed by atoms with Gasteiger partial charge in [0.1, 0.15) is 17.8 Å². The number of hydrogen-bond acceptors (Lipinski definition) is 7. The van der Waals surface area contributed by atoms with Gasteiger partial charge in [0.15, 0.2) is 0 Å². The number of amides is 4. The molecule has 0 bridgehead atoms. The molecule has 4 amide bonds. The predicted octanol–water partition coefficient (Wildman–Crippen LogP) is 2.21. The number of aliphatic carboxylic acids is 1. The van der Waals surface area contributed by atoms with Crippen LogP contribution >= 0.6 is 0 Å². The average Bonchev–Trinajstić information content (AvgIpc) is 3.00. The lowest BCUT2D eigenvalue weighted by Crippen LogP contribution is -2.56. The Bertz CT molecular complexity index is 1410. The number of alkyl halides is 3. The van der Waals surface area contributed by atoms with Gasteiger partial charge in [-0.3, -0.25) is 19.2 Å². The predicted molar refractivity (Wildman–Crippen MR) is 171 cm³/mol. The number of phenols is 1. The highest BCUT2D eigenvalue weighted by Gasteiger charge is 2.38. The van der Waals surface area contributed by atoms with Crippen LogP contribution in [0.25, 0.3) is 0 Å². The van der Waals surface area contributed by atoms with Gasteiger partial charge in [-0.1, -0.05) is 63.2 Å². The van der Waals surface area contributed by atoms with Crippen LogP contribution in [0.2, 0.25) is 0 Å². The number of benzene rings is 2. The van der Waals surface area contributed by atoms with E-state index in [0.717, 1.165) is 16.7 Å². The average molecular weight is 680 g/mol. The summed E-state index contributed by atoms with van der Waals surface area (Å²) in [4.78, 5) is 60.8. The fourth-order valence-corrected chi connectivity index (χ4v) is 4.75. The van der Waals surface area contributed by atoms with Crippen molar-refractivity contribution >= 4 is 29.6 Å². The molecule has 1 heterocycles. The van der Waals surface area contributed by atoms with E-state index in [1.807, 2.05) is 57.2 Å². The number of aromatic hydroxyl groups is 1. The third-order valence-corrected chi connectivity index (χ3v) is 7.35. The van der Waals surface area contributed by atoms with Gasteiger partial charge in [0.25, 0.3) is 0 Å². The number of halogens is 3. The lowest BCUT2D eigenvalue weighted by molar-refractivity contribution is -0.192. The smallest absolute Gasteiger partial charge is 0.490 e. The number of nitrogens with two attached hydrogens (primary N) is 1. The van der Waals surface area contributed by atoms with Gasteiger partial charge in [-0.25, -0.2) is 4.79 Å². The second-order valence-electron chi connectivity index (χ2n) is 12.4. The van der Waals surface area contributed by atoms with Gasteiger partial charge in [-0.05, 0) is 53.9 Å². The monoisotopic (exact) mass is 679 g/mol. The van der Waals surface area contributed by atoms with E-state index in [0.29, 0.717) is 32.2 Å². The fraction of sp³-hybridized carbons (Fsp3) is 0.485. The zero-order valence-corrected chi connectivity index (χ0v) is 27.2. The molecule has 0 unspecified atom stereocenters. The minimum Gasteiger partial charge on any atom is -0.508 e. The van der Waals surface area contributed by atoms with Crippen molar-refractivity contribution in [1.82, 2.24) is 21.3 Å². The molecule has 2 aromatic rings. The van der Waals surface area contributed by atoms with Crippen molar-refractivity contribution in [2.75, 3.05) is 13.1 Å². The van der Waals surface area contributed by atoms with Crippen molar-refractivity contribution in [3.05, 3.63) is 65.2 Å². The number of nitrogens with one attached hydrogen (secondary N) is 4. The van der Waals surface area contributed by atoms with Crippen LogP contribution in [-0.2, 0) is 42.2 Å². The van der Waals surface area contributed by atoms with Crippen LogP contribution in [0.1, 0.15) is 63.1 Å². The molecule has 0 spiro atoms. The molecule has 12 nitrogen and oxygen atoms in total. The Morgan fingerprint density at radius 2 is 1.60 bits per heavy atom. The van der Waals surface area contributed by atoms with Crippen LogP contribution in [0, 0.1) is 0 Å². The molecule has 0 saturated carbocycles. The topological polar surface area (TPSA) is 200 Å². The van der Waals surface area contributed by atoms with Crippen LogP contribution < -0.4 is 27.0 Å². The molecule has 8 N–H and O–H groups in total. The van der Waals surface area contributed by atoms with Gasteiger partial charge in [-0.15, -0.1) is 0 Å². The molecule has 3 atom stereocenters. The van der Waals surface area contributed by atoms with Gasteiger partial charge in [0.05, 0.1) is 6.04 Å². The fourth-order valence-electron chi connectivity index (χ4n) is 4.75. The Morgan fingerprint density at radius 1 is 0.958 bits per heavy atom. The van der Waals surface area contributed by atoms with E-state index >= 15 is 0 Å². The number of rotatable bonds is 6. The van der Waals surface area contributed by atoms with E-state index in [9.17, 15) is 37.5 Å². The highest BCUT2D eigenvalue weighted by atomic mass is 19.4. The van der Waals surface area contributed by atoms with Crippen LogP contribution in [0.3, 0.4) is 0 Å². The maximum absolute atomic E-state index is 13.5. The van der Waals surface area contributed by atoms with E-state index in [4.69, 9.17) is 15.6 Å². The molecule has 3 rings (SSSR count). The number of carboxylic acids is 1. The quantitative estimate of drug-likeness (QED) is 0.241. The highest BCUT2D eigenvalue weighted by molar-refractivity contribution is 5.93. The van der Waals surface area contributed by atoms with Crippen LogP contribution in [0.5, 0.6) is 5.75 Å². The number of carbonyl (C=O) groups excluding carboxylic acids is 4. The maximum atomic E-state index is 13.5. The Morgan fingerprint density at radius 3 is 2.21 bits per heavy atom. The maximum Gasteiger partial charge on any atom is 0.490 e. The first-order valence-electron chi connectivity index (χ1n) is 15.5. The van der Waals surface area contributed by atoms with Crippen molar-refractivity contribution in [2.45, 2.75) is 89.0 Å². The first kappa shape index (κ1) is 39.5. The van der Waals surface area contributed by atoms with Gasteiger partial charge >= 0.3 is 12.1 Å². The Labute approximate surface area is 277 Å². The summed E-state index contributed by atoms with van der Waals surface area (Å²) >= 11 is 0. The number of hydrogen-bond donors (Lipinski definition) is 7. The molecule has 15 heteroatoms. The van der Waals surface area contributed by atoms with Crippen molar-refractivity contribution in [1.29, 1.82) is 0 Å². The van der Waals surface area contributed by atoms with Crippen molar-refractivity contribution in [2.24, 2.45) is 5.73 Å². The Balaban J connectivity index is 0.00000103. The number of phenolic OH excluding ortho intramolecular Hbond substituents is 1. The van der Waals surface area contributed by atoms with E-state index in [2.05, 4.69) is 21.3 Å². The summed E-state index contributed by atoms with van der Waals surface area (Å²) in [6.07, 6.45) is -2.99. The molecule has 1 aliphatic rings. The summed E-state index contributed by atoms with van der Waals surface area (Å²) < 4.78 is 31.7. The minimum atomic E-state index is -5.08. The van der Waals surface area contributed by atoms with Crippen molar-refractivity contribution in [3.8, 4) is 5.75 Å². The van der Waals surface area contributed by atoms with Crippen LogP contribution in [0.15, 0.2) is 48.5 Å². The minimum absolute atomic E-state index is 0.119. The second-order valence-corrected chi connectivity index (χ2v) is 12.4. The third kappa shape index (κ3) is 13.6. The molecule has 0 radical (unpaired) electrons. The Hall–Kier alpha value is -4.66. The molecule has 1 fully saturated rings. The first-order chi connectivity index (χ1) is 22.4. The van der Waals surface area contributed by atoms with Gasteiger partial charge in [0.2, 0.25) is 23.6 Å². The third-order valence-electron chi connectivity index (χ3n) is 7.35. The Kier molecular flexibility index (Phi) is 14.8. The summed E-state index contributed by atoms with van der Waals surface area (Å²) in [7, 11) is 0. The molecule has 0 aliphatic carbocycles. The summed E-state index contributed by atoms with van der Waals surface area (Å²) in [6.45, 7) is 6.48.